The van der Waals surface area contributed by atoms with Crippen molar-refractivity contribution in [1.82, 2.24) is 30.7 Å². The van der Waals surface area contributed by atoms with Crippen LogP contribution in [0.25, 0.3) is 11.4 Å². The quantitative estimate of drug-likeness (QED) is 0.726. The van der Waals surface area contributed by atoms with E-state index >= 15 is 0 Å². The SMILES string of the molecule is CO[C@H]1CN(C(=O)c2ccccc2-c2nn[nH]n2)C[C@H]1Cc1cc(C)no1. The van der Waals surface area contributed by atoms with Crippen molar-refractivity contribution in [3.63, 3.8) is 0 Å². The number of aromatic amines is 1. The number of nitrogens with zero attached hydrogens (tertiary/aromatic N) is 5. The predicted octanol–water partition coefficient (Wildman–Crippen LogP) is 1.49. The van der Waals surface area contributed by atoms with Crippen molar-refractivity contribution in [2.45, 2.75) is 19.4 Å². The Morgan fingerprint density at radius 3 is 2.93 bits per heavy atom. The molecule has 27 heavy (non-hydrogen) atoms. The fourth-order valence-corrected chi connectivity index (χ4v) is 3.55. The molecule has 0 bridgehead atoms. The number of carbonyl (C=O) groups excluding carboxylic acids is 1. The average molecular weight is 368 g/mol. The van der Waals surface area contributed by atoms with Crippen LogP contribution in [0, 0.1) is 12.8 Å². The van der Waals surface area contributed by atoms with Gasteiger partial charge in [-0.3, -0.25) is 4.79 Å². The van der Waals surface area contributed by atoms with E-state index in [1.54, 1.807) is 18.1 Å². The Bertz CT molecular complexity index is 923. The molecular formula is C18H20N6O3. The number of likely N-dealkylation sites (tertiary alicyclic amines) is 1. The van der Waals surface area contributed by atoms with Crippen LogP contribution in [0.15, 0.2) is 34.9 Å². The molecule has 1 saturated heterocycles. The Morgan fingerprint density at radius 1 is 1.37 bits per heavy atom. The first-order valence-corrected chi connectivity index (χ1v) is 8.73. The maximum absolute atomic E-state index is 13.2. The van der Waals surface area contributed by atoms with E-state index in [4.69, 9.17) is 9.26 Å². The Hall–Kier alpha value is -3.07. The molecule has 1 aliphatic rings. The van der Waals surface area contributed by atoms with E-state index < -0.39 is 0 Å². The minimum atomic E-state index is -0.0753. The minimum absolute atomic E-state index is 0.0586. The molecule has 3 heterocycles. The summed E-state index contributed by atoms with van der Waals surface area (Å²) < 4.78 is 11.0. The number of carbonyl (C=O) groups is 1. The molecular weight excluding hydrogens is 348 g/mol. The zero-order chi connectivity index (χ0) is 18.8. The summed E-state index contributed by atoms with van der Waals surface area (Å²) in [5.41, 5.74) is 2.04. The van der Waals surface area contributed by atoms with Gasteiger partial charge in [-0.15, -0.1) is 10.2 Å². The fraction of sp³-hybridized carbons (Fsp3) is 0.389. The zero-order valence-electron chi connectivity index (χ0n) is 15.1. The van der Waals surface area contributed by atoms with Crippen LogP contribution in [-0.4, -0.2) is 62.9 Å². The lowest BCUT2D eigenvalue weighted by Crippen LogP contribution is -2.30. The molecule has 3 aromatic rings. The van der Waals surface area contributed by atoms with Gasteiger partial charge in [-0.05, 0) is 18.2 Å². The summed E-state index contributed by atoms with van der Waals surface area (Å²) in [7, 11) is 1.67. The van der Waals surface area contributed by atoms with E-state index in [1.165, 1.54) is 0 Å². The molecule has 0 spiro atoms. The van der Waals surface area contributed by atoms with Gasteiger partial charge in [-0.1, -0.05) is 23.4 Å². The topological polar surface area (TPSA) is 110 Å². The number of ether oxygens (including phenoxy) is 1. The van der Waals surface area contributed by atoms with Crippen LogP contribution in [0.3, 0.4) is 0 Å². The van der Waals surface area contributed by atoms with E-state index in [2.05, 4.69) is 25.8 Å². The third kappa shape index (κ3) is 3.45. The van der Waals surface area contributed by atoms with E-state index in [9.17, 15) is 4.79 Å². The van der Waals surface area contributed by atoms with Crippen molar-refractivity contribution >= 4 is 5.91 Å². The maximum atomic E-state index is 13.2. The van der Waals surface area contributed by atoms with Crippen molar-refractivity contribution in [3.8, 4) is 11.4 Å². The Labute approximate surface area is 155 Å². The van der Waals surface area contributed by atoms with Gasteiger partial charge in [0.05, 0.1) is 17.4 Å². The molecule has 9 nitrogen and oxygen atoms in total. The lowest BCUT2D eigenvalue weighted by Gasteiger charge is -2.17. The largest absolute Gasteiger partial charge is 0.379 e. The van der Waals surface area contributed by atoms with Crippen LogP contribution < -0.4 is 0 Å². The molecule has 1 amide bonds. The summed E-state index contributed by atoms with van der Waals surface area (Å²) in [4.78, 5) is 15.0. The highest BCUT2D eigenvalue weighted by Crippen LogP contribution is 2.27. The van der Waals surface area contributed by atoms with Gasteiger partial charge in [0.15, 0.2) is 0 Å². The molecule has 0 radical (unpaired) electrons. The van der Waals surface area contributed by atoms with E-state index in [1.807, 2.05) is 31.2 Å². The molecule has 1 aliphatic heterocycles. The Morgan fingerprint density at radius 2 is 2.22 bits per heavy atom. The van der Waals surface area contributed by atoms with Gasteiger partial charge >= 0.3 is 0 Å². The lowest BCUT2D eigenvalue weighted by molar-refractivity contribution is 0.0673. The van der Waals surface area contributed by atoms with Gasteiger partial charge in [0.2, 0.25) is 5.82 Å². The monoisotopic (exact) mass is 368 g/mol. The highest BCUT2D eigenvalue weighted by Gasteiger charge is 2.37. The van der Waals surface area contributed by atoms with Crippen molar-refractivity contribution in [3.05, 3.63) is 47.3 Å². The highest BCUT2D eigenvalue weighted by atomic mass is 16.5. The summed E-state index contributed by atoms with van der Waals surface area (Å²) in [6.45, 7) is 2.99. The maximum Gasteiger partial charge on any atom is 0.254 e. The number of amides is 1. The van der Waals surface area contributed by atoms with Crippen molar-refractivity contribution in [2.24, 2.45) is 5.92 Å². The summed E-state index contributed by atoms with van der Waals surface area (Å²) in [5, 5.41) is 17.9. The number of hydrogen-bond donors (Lipinski definition) is 1. The molecule has 2 aromatic heterocycles. The van der Waals surface area contributed by atoms with Crippen molar-refractivity contribution in [2.75, 3.05) is 20.2 Å². The van der Waals surface area contributed by atoms with Crippen LogP contribution in [0.5, 0.6) is 0 Å². The van der Waals surface area contributed by atoms with E-state index in [-0.39, 0.29) is 17.9 Å². The van der Waals surface area contributed by atoms with E-state index in [0.717, 1.165) is 11.5 Å². The van der Waals surface area contributed by atoms with Gasteiger partial charge in [-0.2, -0.15) is 5.21 Å². The molecule has 0 saturated carbocycles. The van der Waals surface area contributed by atoms with Crippen molar-refractivity contribution < 1.29 is 14.1 Å². The van der Waals surface area contributed by atoms with Crippen LogP contribution in [0.1, 0.15) is 21.8 Å². The number of aromatic nitrogens is 5. The number of aryl methyl sites for hydroxylation is 1. The molecule has 4 rings (SSSR count). The van der Waals surface area contributed by atoms with Gasteiger partial charge < -0.3 is 14.2 Å². The minimum Gasteiger partial charge on any atom is -0.379 e. The number of nitrogens with one attached hydrogen (secondary N) is 1. The predicted molar refractivity (Wildman–Crippen MR) is 94.7 cm³/mol. The van der Waals surface area contributed by atoms with Crippen LogP contribution in [0.2, 0.25) is 0 Å². The van der Waals surface area contributed by atoms with Crippen LogP contribution >= 0.6 is 0 Å². The fourth-order valence-electron chi connectivity index (χ4n) is 3.55. The zero-order valence-corrected chi connectivity index (χ0v) is 15.1. The first-order chi connectivity index (χ1) is 13.2. The van der Waals surface area contributed by atoms with Crippen molar-refractivity contribution in [1.29, 1.82) is 0 Å². The summed E-state index contributed by atoms with van der Waals surface area (Å²) in [5.74, 6) is 1.27. The first kappa shape index (κ1) is 17.3. The second-order valence-electron chi connectivity index (χ2n) is 6.66. The average Bonchev–Trinajstić information content (AvgIpc) is 3.43. The third-order valence-electron chi connectivity index (χ3n) is 4.85. The molecule has 9 heteroatoms. The number of methoxy groups -OCH3 is 1. The summed E-state index contributed by atoms with van der Waals surface area (Å²) >= 11 is 0. The third-order valence-corrected chi connectivity index (χ3v) is 4.85. The Balaban J connectivity index is 1.55. The molecule has 1 aromatic carbocycles. The van der Waals surface area contributed by atoms with Crippen LogP contribution in [0.4, 0.5) is 0 Å². The number of tetrazole rings is 1. The van der Waals surface area contributed by atoms with Gasteiger partial charge in [0, 0.05) is 44.2 Å². The normalized spacial score (nSPS) is 19.6. The lowest BCUT2D eigenvalue weighted by atomic mass is 10.0. The molecule has 0 unspecified atom stereocenters. The number of rotatable bonds is 5. The smallest absolute Gasteiger partial charge is 0.254 e. The van der Waals surface area contributed by atoms with Gasteiger partial charge in [-0.25, -0.2) is 0 Å². The van der Waals surface area contributed by atoms with Gasteiger partial charge in [0.1, 0.15) is 5.76 Å². The standard InChI is InChI=1S/C18H20N6O3/c1-11-7-13(27-21-11)8-12-9-24(10-16(12)26-2)18(25)15-6-4-3-5-14(15)17-19-22-23-20-17/h3-7,12,16H,8-10H2,1-2H3,(H,19,20,22,23)/t12-,16+/m1/s1. The second-order valence-corrected chi connectivity index (χ2v) is 6.66. The van der Waals surface area contributed by atoms with Gasteiger partial charge in [0.25, 0.3) is 5.91 Å². The first-order valence-electron chi connectivity index (χ1n) is 8.73. The molecule has 140 valence electrons. The molecule has 2 atom stereocenters. The molecule has 1 fully saturated rings. The molecule has 1 N–H and O–H groups in total. The number of hydrogen-bond acceptors (Lipinski definition) is 7. The van der Waals surface area contributed by atoms with E-state index in [0.29, 0.717) is 36.5 Å². The summed E-state index contributed by atoms with van der Waals surface area (Å²) in [6, 6.07) is 9.19. The molecule has 0 aliphatic carbocycles. The number of benzene rings is 1. The summed E-state index contributed by atoms with van der Waals surface area (Å²) in [6.07, 6.45) is 0.618. The second kappa shape index (κ2) is 7.28. The number of H-pyrrole nitrogens is 1. The van der Waals surface area contributed by atoms with Crippen LogP contribution in [-0.2, 0) is 11.2 Å². The highest BCUT2D eigenvalue weighted by molar-refractivity contribution is 6.00. The Kier molecular flexibility index (Phi) is 4.68.